The molecule has 4 aromatic rings. The molecular formula is C18H14FN3S. The van der Waals surface area contributed by atoms with Gasteiger partial charge in [-0.3, -0.25) is 0 Å². The molecule has 2 aromatic carbocycles. The van der Waals surface area contributed by atoms with Crippen molar-refractivity contribution in [2.24, 2.45) is 0 Å². The fourth-order valence-electron chi connectivity index (χ4n) is 2.74. The van der Waals surface area contributed by atoms with E-state index in [1.54, 1.807) is 23.5 Å². The van der Waals surface area contributed by atoms with Gasteiger partial charge in [0.15, 0.2) is 5.13 Å². The molecule has 0 bridgehead atoms. The number of hydrogen-bond donors (Lipinski definition) is 2. The molecule has 0 aliphatic heterocycles. The number of rotatable bonds is 3. The molecule has 114 valence electrons. The van der Waals surface area contributed by atoms with E-state index in [9.17, 15) is 4.39 Å². The van der Waals surface area contributed by atoms with Crippen LogP contribution in [-0.4, -0.2) is 17.0 Å². The van der Waals surface area contributed by atoms with E-state index >= 15 is 0 Å². The maximum atomic E-state index is 13.3. The summed E-state index contributed by atoms with van der Waals surface area (Å²) in [6.45, 7) is 0. The van der Waals surface area contributed by atoms with Gasteiger partial charge in [0.25, 0.3) is 0 Å². The quantitative estimate of drug-likeness (QED) is 0.548. The number of hydrogen-bond acceptors (Lipinski definition) is 3. The molecule has 4 rings (SSSR count). The van der Waals surface area contributed by atoms with Crippen LogP contribution in [0.3, 0.4) is 0 Å². The number of aromatic amines is 1. The number of thiazole rings is 1. The Bertz CT molecular complexity index is 970. The van der Waals surface area contributed by atoms with E-state index in [1.165, 1.54) is 12.1 Å². The predicted molar refractivity (Wildman–Crippen MR) is 94.3 cm³/mol. The van der Waals surface area contributed by atoms with Crippen molar-refractivity contribution in [3.8, 4) is 22.5 Å². The van der Waals surface area contributed by atoms with Crippen molar-refractivity contribution in [2.45, 2.75) is 0 Å². The predicted octanol–water partition coefficient (Wildman–Crippen LogP) is 5.14. The number of fused-ring (bicyclic) bond motifs is 1. The molecule has 3 nitrogen and oxygen atoms in total. The van der Waals surface area contributed by atoms with E-state index in [1.807, 2.05) is 30.6 Å². The third-order valence-corrected chi connectivity index (χ3v) is 4.67. The maximum Gasteiger partial charge on any atom is 0.182 e. The summed E-state index contributed by atoms with van der Waals surface area (Å²) < 4.78 is 13.3. The summed E-state index contributed by atoms with van der Waals surface area (Å²) in [6.07, 6.45) is 0. The van der Waals surface area contributed by atoms with Crippen LogP contribution in [0.15, 0.2) is 53.9 Å². The standard InChI is InChI=1S/C18H14FN3S/c1-20-18-22-15(10-23-18)16-13-4-2-3-5-14(13)21-17(16)11-6-8-12(19)9-7-11/h2-10,21H,1H3,(H,20,22). The van der Waals surface area contributed by atoms with Crippen LogP contribution in [0.5, 0.6) is 0 Å². The van der Waals surface area contributed by atoms with Gasteiger partial charge in [0.05, 0.1) is 11.4 Å². The lowest BCUT2D eigenvalue weighted by Gasteiger charge is -2.03. The molecule has 0 amide bonds. The van der Waals surface area contributed by atoms with E-state index in [0.29, 0.717) is 0 Å². The zero-order valence-electron chi connectivity index (χ0n) is 12.4. The number of H-pyrrole nitrogens is 1. The summed E-state index contributed by atoms with van der Waals surface area (Å²) in [7, 11) is 1.86. The van der Waals surface area contributed by atoms with Gasteiger partial charge in [-0.2, -0.15) is 0 Å². The number of aromatic nitrogens is 2. The molecule has 23 heavy (non-hydrogen) atoms. The average Bonchev–Trinajstić information content (AvgIpc) is 3.19. The van der Waals surface area contributed by atoms with Gasteiger partial charge >= 0.3 is 0 Å². The zero-order chi connectivity index (χ0) is 15.8. The normalized spacial score (nSPS) is 11.0. The highest BCUT2D eigenvalue weighted by molar-refractivity contribution is 7.14. The SMILES string of the molecule is CNc1nc(-c2c(-c3ccc(F)cc3)[nH]c3ccccc23)cs1. The van der Waals surface area contributed by atoms with Crippen molar-refractivity contribution in [2.75, 3.05) is 12.4 Å². The van der Waals surface area contributed by atoms with Crippen LogP contribution < -0.4 is 5.32 Å². The molecule has 0 fully saturated rings. The molecule has 5 heteroatoms. The Morgan fingerprint density at radius 3 is 2.61 bits per heavy atom. The van der Waals surface area contributed by atoms with E-state index in [0.717, 1.165) is 38.5 Å². The van der Waals surface area contributed by atoms with Crippen molar-refractivity contribution in [1.82, 2.24) is 9.97 Å². The second-order valence-corrected chi connectivity index (χ2v) is 6.07. The number of anilines is 1. The van der Waals surface area contributed by atoms with Gasteiger partial charge in [0.1, 0.15) is 5.82 Å². The van der Waals surface area contributed by atoms with Gasteiger partial charge in [-0.25, -0.2) is 9.37 Å². The minimum absolute atomic E-state index is 0.238. The van der Waals surface area contributed by atoms with Gasteiger partial charge in [-0.15, -0.1) is 11.3 Å². The van der Waals surface area contributed by atoms with E-state index in [-0.39, 0.29) is 5.82 Å². The molecule has 2 heterocycles. The third-order valence-electron chi connectivity index (χ3n) is 3.81. The summed E-state index contributed by atoms with van der Waals surface area (Å²) in [6, 6.07) is 14.7. The third kappa shape index (κ3) is 2.39. The summed E-state index contributed by atoms with van der Waals surface area (Å²) in [5, 5.41) is 7.09. The van der Waals surface area contributed by atoms with Gasteiger partial charge in [-0.1, -0.05) is 18.2 Å². The highest BCUT2D eigenvalue weighted by Crippen LogP contribution is 2.39. The summed E-state index contributed by atoms with van der Waals surface area (Å²) >= 11 is 1.57. The van der Waals surface area contributed by atoms with E-state index < -0.39 is 0 Å². The van der Waals surface area contributed by atoms with Crippen LogP contribution >= 0.6 is 11.3 Å². The lowest BCUT2D eigenvalue weighted by atomic mass is 10.0. The fraction of sp³-hybridized carbons (Fsp3) is 0.0556. The first-order chi connectivity index (χ1) is 11.3. The van der Waals surface area contributed by atoms with Gasteiger partial charge < -0.3 is 10.3 Å². The van der Waals surface area contributed by atoms with Gasteiger partial charge in [0, 0.05) is 28.9 Å². The molecule has 0 atom stereocenters. The summed E-state index contributed by atoms with van der Waals surface area (Å²) in [5.74, 6) is -0.238. The highest BCUT2D eigenvalue weighted by Gasteiger charge is 2.17. The minimum atomic E-state index is -0.238. The first kappa shape index (κ1) is 14.0. The van der Waals surface area contributed by atoms with Crippen LogP contribution in [0.1, 0.15) is 0 Å². The van der Waals surface area contributed by atoms with Gasteiger partial charge in [0.2, 0.25) is 0 Å². The van der Waals surface area contributed by atoms with Crippen LogP contribution in [0.25, 0.3) is 33.4 Å². The maximum absolute atomic E-state index is 13.3. The van der Waals surface area contributed by atoms with Crippen LogP contribution in [-0.2, 0) is 0 Å². The molecule has 2 N–H and O–H groups in total. The average molecular weight is 323 g/mol. The summed E-state index contributed by atoms with van der Waals surface area (Å²) in [4.78, 5) is 8.09. The Labute approximate surface area is 136 Å². The van der Waals surface area contributed by atoms with Gasteiger partial charge in [-0.05, 0) is 35.9 Å². The number of nitrogens with zero attached hydrogens (tertiary/aromatic N) is 1. The van der Waals surface area contributed by atoms with Crippen molar-refractivity contribution < 1.29 is 4.39 Å². The van der Waals surface area contributed by atoms with Crippen LogP contribution in [0.4, 0.5) is 9.52 Å². The molecule has 2 aromatic heterocycles. The largest absolute Gasteiger partial charge is 0.365 e. The Kier molecular flexibility index (Phi) is 3.35. The van der Waals surface area contributed by atoms with Crippen LogP contribution in [0, 0.1) is 5.82 Å². The molecule has 0 aliphatic carbocycles. The Morgan fingerprint density at radius 2 is 1.87 bits per heavy atom. The van der Waals surface area contributed by atoms with Crippen molar-refractivity contribution in [1.29, 1.82) is 0 Å². The molecule has 0 saturated carbocycles. The molecule has 0 aliphatic rings. The zero-order valence-corrected chi connectivity index (χ0v) is 13.2. The lowest BCUT2D eigenvalue weighted by Crippen LogP contribution is -1.87. The molecular weight excluding hydrogens is 309 g/mol. The second-order valence-electron chi connectivity index (χ2n) is 5.22. The first-order valence-electron chi connectivity index (χ1n) is 7.26. The van der Waals surface area contributed by atoms with Crippen molar-refractivity contribution in [3.05, 3.63) is 59.7 Å². The first-order valence-corrected chi connectivity index (χ1v) is 8.14. The highest BCUT2D eigenvalue weighted by atomic mass is 32.1. The molecule has 0 radical (unpaired) electrons. The number of benzene rings is 2. The molecule has 0 saturated heterocycles. The lowest BCUT2D eigenvalue weighted by molar-refractivity contribution is 0.628. The number of para-hydroxylation sites is 1. The minimum Gasteiger partial charge on any atom is -0.365 e. The number of halogens is 1. The topological polar surface area (TPSA) is 40.7 Å². The number of nitrogens with one attached hydrogen (secondary N) is 2. The monoisotopic (exact) mass is 323 g/mol. The van der Waals surface area contributed by atoms with E-state index in [4.69, 9.17) is 0 Å². The summed E-state index contributed by atoms with van der Waals surface area (Å²) in [5.41, 5.74) is 4.90. The Hall–Kier alpha value is -2.66. The van der Waals surface area contributed by atoms with Crippen LogP contribution in [0.2, 0.25) is 0 Å². The Morgan fingerprint density at radius 1 is 1.09 bits per heavy atom. The fourth-order valence-corrected chi connectivity index (χ4v) is 3.41. The van der Waals surface area contributed by atoms with Crippen molar-refractivity contribution >= 4 is 27.4 Å². The Balaban J connectivity index is 1.99. The van der Waals surface area contributed by atoms with E-state index in [2.05, 4.69) is 21.4 Å². The molecule has 0 unspecified atom stereocenters. The van der Waals surface area contributed by atoms with Crippen molar-refractivity contribution in [3.63, 3.8) is 0 Å². The smallest absolute Gasteiger partial charge is 0.182 e. The molecule has 0 spiro atoms. The second kappa shape index (κ2) is 5.52.